The van der Waals surface area contributed by atoms with Gasteiger partial charge in [0.15, 0.2) is 6.23 Å². The van der Waals surface area contributed by atoms with Gasteiger partial charge < -0.3 is 14.8 Å². The summed E-state index contributed by atoms with van der Waals surface area (Å²) in [7, 11) is 1.69. The van der Waals surface area contributed by atoms with Gasteiger partial charge >= 0.3 is 0 Å². The predicted octanol–water partition coefficient (Wildman–Crippen LogP) is 4.66. The van der Waals surface area contributed by atoms with Crippen molar-refractivity contribution in [3.05, 3.63) is 53.7 Å². The zero-order valence-corrected chi connectivity index (χ0v) is 15.4. The van der Waals surface area contributed by atoms with Crippen LogP contribution in [0.2, 0.25) is 0 Å². The number of rotatable bonds is 5. The molecule has 5 heteroatoms. The molecule has 5 nitrogen and oxygen atoms in total. The van der Waals surface area contributed by atoms with Gasteiger partial charge in [-0.2, -0.15) is 5.10 Å². The molecule has 1 aliphatic heterocycles. The van der Waals surface area contributed by atoms with Crippen LogP contribution < -0.4 is 10.1 Å². The highest BCUT2D eigenvalue weighted by Gasteiger charge is 2.19. The second kappa shape index (κ2) is 7.38. The van der Waals surface area contributed by atoms with E-state index >= 15 is 0 Å². The highest BCUT2D eigenvalue weighted by molar-refractivity contribution is 5.93. The Bertz CT molecular complexity index is 880. The molecule has 0 aliphatic carbocycles. The molecule has 2 heterocycles. The highest BCUT2D eigenvalue weighted by atomic mass is 16.5. The number of nitrogens with one attached hydrogen (secondary N) is 1. The molecule has 1 saturated heterocycles. The number of ether oxygens (including phenoxy) is 2. The van der Waals surface area contributed by atoms with Gasteiger partial charge in [-0.1, -0.05) is 18.2 Å². The Balaban J connectivity index is 1.59. The summed E-state index contributed by atoms with van der Waals surface area (Å²) in [6, 6.07) is 12.4. The number of hydrogen-bond donors (Lipinski definition) is 1. The number of nitrogens with zero attached hydrogens (tertiary/aromatic N) is 2. The Labute approximate surface area is 153 Å². The maximum Gasteiger partial charge on any atom is 0.150 e. The van der Waals surface area contributed by atoms with Gasteiger partial charge in [-0.25, -0.2) is 4.68 Å². The topological polar surface area (TPSA) is 48.3 Å². The third-order valence-electron chi connectivity index (χ3n) is 5.05. The van der Waals surface area contributed by atoms with Gasteiger partial charge in [-0.15, -0.1) is 0 Å². The molecule has 0 saturated carbocycles. The molecule has 1 fully saturated rings. The lowest BCUT2D eigenvalue weighted by atomic mass is 10.1. The zero-order valence-electron chi connectivity index (χ0n) is 15.4. The number of fused-ring (bicyclic) bond motifs is 1. The van der Waals surface area contributed by atoms with Crippen molar-refractivity contribution in [2.75, 3.05) is 19.0 Å². The molecule has 26 heavy (non-hydrogen) atoms. The average molecular weight is 351 g/mol. The van der Waals surface area contributed by atoms with E-state index in [0.717, 1.165) is 48.3 Å². The predicted molar refractivity (Wildman–Crippen MR) is 104 cm³/mol. The van der Waals surface area contributed by atoms with Gasteiger partial charge in [0, 0.05) is 24.2 Å². The van der Waals surface area contributed by atoms with E-state index in [1.807, 2.05) is 23.0 Å². The van der Waals surface area contributed by atoms with Crippen LogP contribution in [0, 0.1) is 6.92 Å². The van der Waals surface area contributed by atoms with E-state index in [-0.39, 0.29) is 6.23 Å². The first kappa shape index (κ1) is 16.9. The second-order valence-corrected chi connectivity index (χ2v) is 6.80. The fraction of sp³-hybridized carbons (Fsp3) is 0.381. The van der Waals surface area contributed by atoms with Crippen LogP contribution in [0.15, 0.2) is 42.6 Å². The third kappa shape index (κ3) is 3.27. The van der Waals surface area contributed by atoms with E-state index in [0.29, 0.717) is 0 Å². The molecular formula is C21H25N3O2. The lowest BCUT2D eigenvalue weighted by Gasteiger charge is -2.23. The maximum atomic E-state index is 5.92. The molecule has 1 aliphatic rings. The van der Waals surface area contributed by atoms with Gasteiger partial charge in [-0.05, 0) is 55.5 Å². The molecule has 0 bridgehead atoms. The normalized spacial score (nSPS) is 17.4. The highest BCUT2D eigenvalue weighted by Crippen LogP contribution is 2.31. The monoisotopic (exact) mass is 351 g/mol. The number of hydrogen-bond acceptors (Lipinski definition) is 4. The summed E-state index contributed by atoms with van der Waals surface area (Å²) in [6.07, 6.45) is 5.37. The maximum absolute atomic E-state index is 5.92. The van der Waals surface area contributed by atoms with Crippen LogP contribution in [0.3, 0.4) is 0 Å². The van der Waals surface area contributed by atoms with Crippen molar-refractivity contribution in [2.24, 2.45) is 0 Å². The fourth-order valence-electron chi connectivity index (χ4n) is 3.54. The molecule has 0 spiro atoms. The molecule has 2 aromatic carbocycles. The van der Waals surface area contributed by atoms with Crippen LogP contribution in [0.4, 0.5) is 5.69 Å². The number of aromatic nitrogens is 2. The zero-order chi connectivity index (χ0) is 17.9. The average Bonchev–Trinajstić information content (AvgIpc) is 3.12. The van der Waals surface area contributed by atoms with Crippen molar-refractivity contribution >= 4 is 16.6 Å². The number of aryl methyl sites for hydroxylation is 1. The van der Waals surface area contributed by atoms with E-state index in [1.165, 1.54) is 17.5 Å². The Morgan fingerprint density at radius 1 is 1.19 bits per heavy atom. The van der Waals surface area contributed by atoms with E-state index in [4.69, 9.17) is 9.47 Å². The number of methoxy groups -OCH3 is 1. The Morgan fingerprint density at radius 3 is 2.77 bits per heavy atom. The van der Waals surface area contributed by atoms with Crippen molar-refractivity contribution < 1.29 is 9.47 Å². The summed E-state index contributed by atoms with van der Waals surface area (Å²) in [6.45, 7) is 3.71. The summed E-state index contributed by atoms with van der Waals surface area (Å²) < 4.78 is 13.2. The van der Waals surface area contributed by atoms with Crippen molar-refractivity contribution in [1.82, 2.24) is 9.78 Å². The summed E-state index contributed by atoms with van der Waals surface area (Å²) in [5.74, 6) is 0.876. The minimum absolute atomic E-state index is 0.0541. The number of anilines is 1. The Morgan fingerprint density at radius 2 is 2.04 bits per heavy atom. The quantitative estimate of drug-likeness (QED) is 0.726. The minimum Gasteiger partial charge on any atom is -0.497 e. The first-order valence-corrected chi connectivity index (χ1v) is 9.21. The Hall–Kier alpha value is -2.53. The lowest BCUT2D eigenvalue weighted by Crippen LogP contribution is -2.18. The van der Waals surface area contributed by atoms with Crippen LogP contribution in [-0.4, -0.2) is 23.5 Å². The van der Waals surface area contributed by atoms with E-state index in [2.05, 4.69) is 41.6 Å². The molecule has 0 amide bonds. The molecule has 1 atom stereocenters. The molecule has 136 valence electrons. The second-order valence-electron chi connectivity index (χ2n) is 6.80. The summed E-state index contributed by atoms with van der Waals surface area (Å²) in [5, 5.41) is 9.37. The van der Waals surface area contributed by atoms with Crippen LogP contribution >= 0.6 is 0 Å². The van der Waals surface area contributed by atoms with E-state index in [1.54, 1.807) is 7.11 Å². The van der Waals surface area contributed by atoms with Crippen LogP contribution in [0.5, 0.6) is 5.75 Å². The molecule has 1 unspecified atom stereocenters. The number of benzene rings is 2. The van der Waals surface area contributed by atoms with Crippen molar-refractivity contribution in [3.8, 4) is 5.75 Å². The molecule has 3 aromatic rings. The molecular weight excluding hydrogens is 326 g/mol. The first-order valence-electron chi connectivity index (χ1n) is 9.21. The lowest BCUT2D eigenvalue weighted by molar-refractivity contribution is -0.0366. The van der Waals surface area contributed by atoms with Crippen molar-refractivity contribution in [1.29, 1.82) is 0 Å². The summed E-state index contributed by atoms with van der Waals surface area (Å²) >= 11 is 0. The first-order chi connectivity index (χ1) is 12.8. The van der Waals surface area contributed by atoms with E-state index < -0.39 is 0 Å². The van der Waals surface area contributed by atoms with Gasteiger partial charge in [-0.3, -0.25) is 0 Å². The summed E-state index contributed by atoms with van der Waals surface area (Å²) in [5.41, 5.74) is 4.69. The van der Waals surface area contributed by atoms with Crippen LogP contribution in [-0.2, 0) is 11.3 Å². The standard InChI is InChI=1S/C21H25N3O2/c1-15-6-11-19-18(14-23-24(19)20-5-3-4-12-26-20)21(15)22-13-16-7-9-17(25-2)10-8-16/h6-11,14,20,22H,3-5,12-13H2,1-2H3. The molecule has 4 rings (SSSR count). The van der Waals surface area contributed by atoms with E-state index in [9.17, 15) is 0 Å². The smallest absolute Gasteiger partial charge is 0.150 e. The molecule has 1 N–H and O–H groups in total. The SMILES string of the molecule is COc1ccc(CNc2c(C)ccc3c2cnn3C2CCCCO2)cc1. The van der Waals surface area contributed by atoms with Gasteiger partial charge in [0.1, 0.15) is 5.75 Å². The fourth-order valence-corrected chi connectivity index (χ4v) is 3.54. The van der Waals surface area contributed by atoms with Gasteiger partial charge in [0.2, 0.25) is 0 Å². The van der Waals surface area contributed by atoms with Gasteiger partial charge in [0.25, 0.3) is 0 Å². The summed E-state index contributed by atoms with van der Waals surface area (Å²) in [4.78, 5) is 0. The van der Waals surface area contributed by atoms with Crippen molar-refractivity contribution in [2.45, 2.75) is 39.0 Å². The van der Waals surface area contributed by atoms with Crippen molar-refractivity contribution in [3.63, 3.8) is 0 Å². The minimum atomic E-state index is 0.0541. The Kier molecular flexibility index (Phi) is 4.80. The van der Waals surface area contributed by atoms with Gasteiger partial charge in [0.05, 0.1) is 18.8 Å². The van der Waals surface area contributed by atoms with Crippen LogP contribution in [0.1, 0.15) is 36.6 Å². The molecule has 1 aromatic heterocycles. The molecule has 0 radical (unpaired) electrons. The van der Waals surface area contributed by atoms with Crippen LogP contribution in [0.25, 0.3) is 10.9 Å². The third-order valence-corrected chi connectivity index (χ3v) is 5.05. The largest absolute Gasteiger partial charge is 0.497 e.